The number of hydrogen-bond donors (Lipinski definition) is 1. The third-order valence-electron chi connectivity index (χ3n) is 4.68. The fourth-order valence-electron chi connectivity index (χ4n) is 3.32. The number of hydrogen-bond acceptors (Lipinski definition) is 2. The Bertz CT molecular complexity index is 565. The van der Waals surface area contributed by atoms with Crippen LogP contribution in [0.2, 0.25) is 0 Å². The monoisotopic (exact) mass is 255 g/mol. The van der Waals surface area contributed by atoms with Crippen molar-refractivity contribution in [2.75, 3.05) is 0 Å². The minimum atomic E-state index is -0.681. The topological polar surface area (TPSA) is 33.1 Å². The van der Waals surface area contributed by atoms with E-state index in [2.05, 4.69) is 24.0 Å². The molecule has 2 heteroatoms. The van der Waals surface area contributed by atoms with Gasteiger partial charge in [-0.1, -0.05) is 37.6 Å². The number of aromatic nitrogens is 1. The molecule has 0 radical (unpaired) electrons. The van der Waals surface area contributed by atoms with Gasteiger partial charge in [-0.15, -0.1) is 0 Å². The second kappa shape index (κ2) is 4.93. The first-order valence-electron chi connectivity index (χ1n) is 7.28. The maximum absolute atomic E-state index is 11.0. The molecule has 1 N–H and O–H groups in total. The number of aliphatic hydroxyl groups is 1. The van der Waals surface area contributed by atoms with Crippen LogP contribution in [0.4, 0.5) is 0 Å². The zero-order chi connectivity index (χ0) is 13.3. The normalized spacial score (nSPS) is 27.6. The molecule has 1 heterocycles. The van der Waals surface area contributed by atoms with Gasteiger partial charge in [0, 0.05) is 23.3 Å². The van der Waals surface area contributed by atoms with Gasteiger partial charge in [0.25, 0.3) is 0 Å². The van der Waals surface area contributed by atoms with Crippen LogP contribution in [0.15, 0.2) is 36.7 Å². The minimum Gasteiger partial charge on any atom is -0.385 e. The first kappa shape index (κ1) is 12.6. The van der Waals surface area contributed by atoms with E-state index in [4.69, 9.17) is 0 Å². The highest BCUT2D eigenvalue weighted by atomic mass is 16.3. The van der Waals surface area contributed by atoms with E-state index >= 15 is 0 Å². The number of pyridine rings is 1. The summed E-state index contributed by atoms with van der Waals surface area (Å²) in [6, 6.07) is 8.21. The van der Waals surface area contributed by atoms with E-state index in [-0.39, 0.29) is 0 Å². The Morgan fingerprint density at radius 2 is 1.95 bits per heavy atom. The predicted octanol–water partition coefficient (Wildman–Crippen LogP) is 4.02. The molecule has 0 atom stereocenters. The van der Waals surface area contributed by atoms with Crippen molar-refractivity contribution in [3.63, 3.8) is 0 Å². The summed E-state index contributed by atoms with van der Waals surface area (Å²) in [5, 5.41) is 13.3. The maximum atomic E-state index is 11.0. The second-order valence-corrected chi connectivity index (χ2v) is 5.79. The fraction of sp³-hybridized carbons (Fsp3) is 0.471. The van der Waals surface area contributed by atoms with Gasteiger partial charge in [-0.25, -0.2) is 0 Å². The lowest BCUT2D eigenvalue weighted by Crippen LogP contribution is -2.31. The van der Waals surface area contributed by atoms with Crippen molar-refractivity contribution < 1.29 is 5.11 Å². The molecule has 3 rings (SSSR count). The Balaban J connectivity index is 2.00. The Morgan fingerprint density at radius 3 is 2.68 bits per heavy atom. The van der Waals surface area contributed by atoms with Crippen LogP contribution in [0.3, 0.4) is 0 Å². The maximum Gasteiger partial charge on any atom is 0.0917 e. The molecular weight excluding hydrogens is 234 g/mol. The molecule has 1 fully saturated rings. The molecule has 0 amide bonds. The molecule has 2 nitrogen and oxygen atoms in total. The summed E-state index contributed by atoms with van der Waals surface area (Å²) in [5.74, 6) is 0.781. The summed E-state index contributed by atoms with van der Waals surface area (Å²) in [6.07, 6.45) is 8.92. The molecule has 100 valence electrons. The average Bonchev–Trinajstić information content (AvgIpc) is 2.47. The zero-order valence-electron chi connectivity index (χ0n) is 11.5. The van der Waals surface area contributed by atoms with Gasteiger partial charge in [0.15, 0.2) is 0 Å². The van der Waals surface area contributed by atoms with Gasteiger partial charge in [-0.3, -0.25) is 4.98 Å². The number of rotatable bonds is 2. The predicted molar refractivity (Wildman–Crippen MR) is 77.9 cm³/mol. The van der Waals surface area contributed by atoms with Crippen LogP contribution in [-0.2, 0) is 5.60 Å². The quantitative estimate of drug-likeness (QED) is 0.879. The van der Waals surface area contributed by atoms with Crippen LogP contribution in [0, 0.1) is 5.92 Å². The molecule has 0 spiro atoms. The van der Waals surface area contributed by atoms with Gasteiger partial charge in [0.1, 0.15) is 0 Å². The molecule has 1 aromatic carbocycles. The number of benzene rings is 1. The Morgan fingerprint density at radius 1 is 1.21 bits per heavy atom. The molecule has 19 heavy (non-hydrogen) atoms. The summed E-state index contributed by atoms with van der Waals surface area (Å²) < 4.78 is 0. The van der Waals surface area contributed by atoms with Gasteiger partial charge in [0.05, 0.1) is 5.60 Å². The van der Waals surface area contributed by atoms with E-state index in [9.17, 15) is 5.11 Å². The Kier molecular flexibility index (Phi) is 3.28. The average molecular weight is 255 g/mol. The lowest BCUT2D eigenvalue weighted by atomic mass is 9.74. The van der Waals surface area contributed by atoms with E-state index in [0.29, 0.717) is 0 Å². The van der Waals surface area contributed by atoms with E-state index in [1.165, 1.54) is 6.42 Å². The summed E-state index contributed by atoms with van der Waals surface area (Å²) in [7, 11) is 0. The molecule has 0 bridgehead atoms. The zero-order valence-corrected chi connectivity index (χ0v) is 11.5. The Labute approximate surface area is 114 Å². The summed E-state index contributed by atoms with van der Waals surface area (Å²) in [4.78, 5) is 4.31. The van der Waals surface area contributed by atoms with Gasteiger partial charge in [-0.2, -0.15) is 0 Å². The molecule has 1 aliphatic rings. The molecular formula is C17H21NO. The Hall–Kier alpha value is -1.41. The highest BCUT2D eigenvalue weighted by Gasteiger charge is 2.35. The summed E-state index contributed by atoms with van der Waals surface area (Å²) in [5.41, 5.74) is 0.333. The van der Waals surface area contributed by atoms with Gasteiger partial charge in [0.2, 0.25) is 0 Å². The van der Waals surface area contributed by atoms with Crippen molar-refractivity contribution in [2.45, 2.75) is 44.6 Å². The van der Waals surface area contributed by atoms with E-state index in [1.54, 1.807) is 0 Å². The first-order valence-corrected chi connectivity index (χ1v) is 7.28. The van der Waals surface area contributed by atoms with Gasteiger partial charge < -0.3 is 5.11 Å². The highest BCUT2D eigenvalue weighted by Crippen LogP contribution is 2.42. The second-order valence-electron chi connectivity index (χ2n) is 5.79. The van der Waals surface area contributed by atoms with Crippen LogP contribution in [0.25, 0.3) is 10.8 Å². The van der Waals surface area contributed by atoms with Crippen LogP contribution in [0.1, 0.15) is 44.6 Å². The molecule has 2 aromatic rings. The lowest BCUT2D eigenvalue weighted by molar-refractivity contribution is -0.0135. The number of fused-ring (bicyclic) bond motifs is 1. The first-order chi connectivity index (χ1) is 9.23. The lowest BCUT2D eigenvalue weighted by Gasteiger charge is -2.36. The molecule has 1 aromatic heterocycles. The summed E-state index contributed by atoms with van der Waals surface area (Å²) in [6.45, 7) is 2.24. The van der Waals surface area contributed by atoms with Crippen LogP contribution in [0.5, 0.6) is 0 Å². The molecule has 0 saturated heterocycles. The standard InChI is InChI=1S/C17H21NO/c1-2-13-7-9-17(19,10-8-13)16-12-18-11-14-5-3-4-6-15(14)16/h3-6,11-13,19H,2,7-10H2,1H3. The molecule has 1 saturated carbocycles. The van der Waals surface area contributed by atoms with Crippen molar-refractivity contribution in [1.29, 1.82) is 0 Å². The SMILES string of the molecule is CCC1CCC(O)(c2cncc3ccccc23)CC1. The highest BCUT2D eigenvalue weighted by molar-refractivity contribution is 5.85. The smallest absolute Gasteiger partial charge is 0.0917 e. The van der Waals surface area contributed by atoms with Crippen molar-refractivity contribution in [3.8, 4) is 0 Å². The van der Waals surface area contributed by atoms with Gasteiger partial charge in [-0.05, 0) is 37.0 Å². The summed E-state index contributed by atoms with van der Waals surface area (Å²) >= 11 is 0. The largest absolute Gasteiger partial charge is 0.385 e. The van der Waals surface area contributed by atoms with E-state index in [1.807, 2.05) is 24.5 Å². The van der Waals surface area contributed by atoms with Crippen LogP contribution in [-0.4, -0.2) is 10.1 Å². The van der Waals surface area contributed by atoms with E-state index in [0.717, 1.165) is 47.9 Å². The van der Waals surface area contributed by atoms with Crippen molar-refractivity contribution in [1.82, 2.24) is 4.98 Å². The molecule has 0 unspecified atom stereocenters. The van der Waals surface area contributed by atoms with Crippen LogP contribution >= 0.6 is 0 Å². The molecule has 1 aliphatic carbocycles. The van der Waals surface area contributed by atoms with Gasteiger partial charge >= 0.3 is 0 Å². The third-order valence-corrected chi connectivity index (χ3v) is 4.68. The third kappa shape index (κ3) is 2.25. The van der Waals surface area contributed by atoms with Crippen molar-refractivity contribution in [2.24, 2.45) is 5.92 Å². The van der Waals surface area contributed by atoms with Crippen molar-refractivity contribution in [3.05, 3.63) is 42.2 Å². The molecule has 0 aliphatic heterocycles. The number of nitrogens with zero attached hydrogens (tertiary/aromatic N) is 1. The van der Waals surface area contributed by atoms with E-state index < -0.39 is 5.60 Å². The van der Waals surface area contributed by atoms with Crippen LogP contribution < -0.4 is 0 Å². The van der Waals surface area contributed by atoms with Crippen molar-refractivity contribution >= 4 is 10.8 Å². The fourth-order valence-corrected chi connectivity index (χ4v) is 3.32. The minimum absolute atomic E-state index is 0.681.